The Balaban J connectivity index is 1.43. The highest BCUT2D eigenvalue weighted by atomic mass is 35.5. The summed E-state index contributed by atoms with van der Waals surface area (Å²) in [5.74, 6) is -3.75. The van der Waals surface area contributed by atoms with E-state index in [-0.39, 0.29) is 35.8 Å². The third-order valence-corrected chi connectivity index (χ3v) is 11.2. The number of hydrogen-bond donors (Lipinski definition) is 1. The number of hydrogen-bond acceptors (Lipinski definition) is 6. The summed E-state index contributed by atoms with van der Waals surface area (Å²) in [7, 11) is 2.82. The topological polar surface area (TPSA) is 104 Å². The fourth-order valence-electron chi connectivity index (χ4n) is 7.72. The van der Waals surface area contributed by atoms with E-state index in [1.807, 2.05) is 6.08 Å². The second kappa shape index (κ2) is 9.62. The Hall–Kier alpha value is -2.84. The van der Waals surface area contributed by atoms with Crippen molar-refractivity contribution >= 4 is 52.9 Å². The second-order valence-electron chi connectivity index (χ2n) is 11.7. The van der Waals surface area contributed by atoms with Crippen LogP contribution in [0.5, 0.6) is 11.5 Å². The summed E-state index contributed by atoms with van der Waals surface area (Å²) in [6.45, 7) is 0. The molecule has 10 heteroatoms. The van der Waals surface area contributed by atoms with Crippen molar-refractivity contribution in [3.8, 4) is 11.5 Å². The first-order valence-corrected chi connectivity index (χ1v) is 14.6. The van der Waals surface area contributed by atoms with E-state index < -0.39 is 45.2 Å². The zero-order valence-corrected chi connectivity index (χ0v) is 24.0. The molecular weight excluding hydrogens is 555 g/mol. The minimum absolute atomic E-state index is 0.00509. The number of likely N-dealkylation sites (tertiary alicyclic amines) is 2. The van der Waals surface area contributed by atoms with E-state index in [2.05, 4.69) is 0 Å². The van der Waals surface area contributed by atoms with Crippen molar-refractivity contribution in [2.45, 2.75) is 60.7 Å². The Morgan fingerprint density at radius 2 is 1.75 bits per heavy atom. The average Bonchev–Trinajstić information content (AvgIpc) is 3.28. The molecule has 3 aliphatic carbocycles. The van der Waals surface area contributed by atoms with Crippen LogP contribution in [0.3, 0.4) is 0 Å². The smallest absolute Gasteiger partial charge is 0.253 e. The highest BCUT2D eigenvalue weighted by Gasteiger charge is 2.75. The fraction of sp³-hybridized carbons (Fsp3) is 0.533. The maximum absolute atomic E-state index is 14.0. The van der Waals surface area contributed by atoms with Crippen LogP contribution in [0.2, 0.25) is 0 Å². The van der Waals surface area contributed by atoms with Gasteiger partial charge in [-0.1, -0.05) is 49.1 Å². The average molecular weight is 588 g/mol. The number of phenols is 1. The van der Waals surface area contributed by atoms with Crippen molar-refractivity contribution in [1.29, 1.82) is 0 Å². The largest absolute Gasteiger partial charge is 0.504 e. The number of carbonyl (C=O) groups is 4. The number of amides is 4. The normalized spacial score (nSPS) is 36.1. The molecule has 4 fully saturated rings. The van der Waals surface area contributed by atoms with Crippen molar-refractivity contribution in [3.63, 3.8) is 0 Å². The van der Waals surface area contributed by atoms with Crippen molar-refractivity contribution in [3.05, 3.63) is 41.5 Å². The predicted octanol–water partition coefficient (Wildman–Crippen LogP) is 4.27. The first-order chi connectivity index (χ1) is 19.0. The van der Waals surface area contributed by atoms with Crippen LogP contribution in [-0.2, 0) is 19.2 Å². The number of fused-ring (bicyclic) bond motifs is 4. The second-order valence-corrected chi connectivity index (χ2v) is 12.9. The van der Waals surface area contributed by atoms with Gasteiger partial charge in [-0.2, -0.15) is 0 Å². The molecule has 0 radical (unpaired) electrons. The molecule has 40 heavy (non-hydrogen) atoms. The zero-order valence-electron chi connectivity index (χ0n) is 22.4. The Bertz CT molecular complexity index is 1370. The SMILES string of the molecule is COc1cc(C=C[C@H]2C3=CC[C@@H]4C(=O)N(C5CCCCC5)C(=O)[C@@H]4[C@@H]3C[C@@]3(Cl)C(=O)N(C)C(=O)[C@@]23Cl)ccc1O. The lowest BCUT2D eigenvalue weighted by Gasteiger charge is -2.49. The maximum atomic E-state index is 14.0. The Morgan fingerprint density at radius 1 is 1.02 bits per heavy atom. The molecule has 2 heterocycles. The highest BCUT2D eigenvalue weighted by Crippen LogP contribution is 2.63. The molecule has 2 saturated carbocycles. The number of rotatable bonds is 4. The van der Waals surface area contributed by atoms with Crippen LogP contribution in [-0.4, -0.2) is 68.5 Å². The first kappa shape index (κ1) is 27.3. The van der Waals surface area contributed by atoms with Crippen molar-refractivity contribution in [2.75, 3.05) is 14.2 Å². The van der Waals surface area contributed by atoms with Gasteiger partial charge < -0.3 is 9.84 Å². The number of aromatic hydroxyl groups is 1. The number of alkyl halides is 2. The number of halogens is 2. The summed E-state index contributed by atoms with van der Waals surface area (Å²) in [6.07, 6.45) is 10.5. The molecule has 1 aromatic carbocycles. The fourth-order valence-corrected chi connectivity index (χ4v) is 8.70. The van der Waals surface area contributed by atoms with Crippen LogP contribution < -0.4 is 4.74 Å². The third-order valence-electron chi connectivity index (χ3n) is 9.73. The van der Waals surface area contributed by atoms with Crippen LogP contribution >= 0.6 is 23.2 Å². The van der Waals surface area contributed by atoms with E-state index in [9.17, 15) is 24.3 Å². The van der Waals surface area contributed by atoms with Gasteiger partial charge >= 0.3 is 0 Å². The number of allylic oxidation sites excluding steroid dienone is 3. The Labute approximate surface area is 242 Å². The standard InChI is InChI=1S/C30H32Cl2N2O6/c1-33-27(38)29(31)15-20-18(10-11-19-24(20)26(37)34(25(19)36)17-6-4-3-5-7-17)21(30(29,32)28(33)39)12-8-16-9-13-22(35)23(14-16)40-2/h8-10,12-14,17,19-21,24,35H,3-7,11,15H2,1-2H3/t19-,20+,21-,24-,29+,30-/m0/s1. The van der Waals surface area contributed by atoms with Crippen LogP contribution in [0.4, 0.5) is 0 Å². The zero-order chi connectivity index (χ0) is 28.6. The van der Waals surface area contributed by atoms with Gasteiger partial charge in [0, 0.05) is 19.0 Å². The molecule has 1 N–H and O–H groups in total. The van der Waals surface area contributed by atoms with Crippen LogP contribution in [0.15, 0.2) is 35.9 Å². The molecule has 5 aliphatic rings. The molecule has 6 atom stereocenters. The van der Waals surface area contributed by atoms with E-state index in [1.54, 1.807) is 24.3 Å². The van der Waals surface area contributed by atoms with Crippen LogP contribution in [0.25, 0.3) is 6.08 Å². The van der Waals surface area contributed by atoms with Crippen molar-refractivity contribution in [2.24, 2.45) is 23.7 Å². The molecule has 2 saturated heterocycles. The first-order valence-electron chi connectivity index (χ1n) is 13.9. The number of imide groups is 2. The Kier molecular flexibility index (Phi) is 6.58. The number of ether oxygens (including phenoxy) is 1. The molecule has 1 aromatic rings. The number of carbonyl (C=O) groups excluding carboxylic acids is 4. The number of nitrogens with zero attached hydrogens (tertiary/aromatic N) is 2. The van der Waals surface area contributed by atoms with Gasteiger partial charge in [-0.3, -0.25) is 29.0 Å². The molecular formula is C30H32Cl2N2O6. The summed E-state index contributed by atoms with van der Waals surface area (Å²) in [6, 6.07) is 4.73. The summed E-state index contributed by atoms with van der Waals surface area (Å²) in [5, 5.41) is 10.00. The lowest BCUT2D eigenvalue weighted by molar-refractivity contribution is -0.144. The van der Waals surface area contributed by atoms with Gasteiger partial charge in [0.2, 0.25) is 11.8 Å². The van der Waals surface area contributed by atoms with Gasteiger partial charge in [0.25, 0.3) is 11.8 Å². The molecule has 4 amide bonds. The highest BCUT2D eigenvalue weighted by molar-refractivity contribution is 6.53. The van der Waals surface area contributed by atoms with E-state index >= 15 is 0 Å². The maximum Gasteiger partial charge on any atom is 0.253 e. The van der Waals surface area contributed by atoms with Crippen LogP contribution in [0.1, 0.15) is 50.5 Å². The molecule has 0 aromatic heterocycles. The van der Waals surface area contributed by atoms with E-state index in [0.29, 0.717) is 12.0 Å². The molecule has 0 bridgehead atoms. The van der Waals surface area contributed by atoms with Gasteiger partial charge in [-0.05, 0) is 49.3 Å². The van der Waals surface area contributed by atoms with E-state index in [4.69, 9.17) is 27.9 Å². The molecule has 0 spiro atoms. The monoisotopic (exact) mass is 586 g/mol. The lowest BCUT2D eigenvalue weighted by atomic mass is 9.57. The number of benzene rings is 1. The number of phenolic OH excluding ortho intramolecular Hbond substituents is 1. The minimum Gasteiger partial charge on any atom is -0.504 e. The summed E-state index contributed by atoms with van der Waals surface area (Å²) in [4.78, 5) is 53.5. The molecule has 2 aliphatic heterocycles. The summed E-state index contributed by atoms with van der Waals surface area (Å²) < 4.78 is 5.22. The van der Waals surface area contributed by atoms with Crippen molar-refractivity contribution in [1.82, 2.24) is 9.80 Å². The van der Waals surface area contributed by atoms with Gasteiger partial charge in [0.05, 0.1) is 18.9 Å². The lowest BCUT2D eigenvalue weighted by Crippen LogP contribution is -2.60. The van der Waals surface area contributed by atoms with E-state index in [1.165, 1.54) is 25.1 Å². The predicted molar refractivity (Wildman–Crippen MR) is 149 cm³/mol. The van der Waals surface area contributed by atoms with Gasteiger partial charge in [-0.15, -0.1) is 23.2 Å². The van der Waals surface area contributed by atoms with Crippen LogP contribution in [0, 0.1) is 23.7 Å². The molecule has 6 rings (SSSR count). The summed E-state index contributed by atoms with van der Waals surface area (Å²) in [5.41, 5.74) is 1.44. The quantitative estimate of drug-likeness (QED) is 0.321. The van der Waals surface area contributed by atoms with Gasteiger partial charge in [-0.25, -0.2) is 0 Å². The van der Waals surface area contributed by atoms with Gasteiger partial charge in [0.15, 0.2) is 21.2 Å². The summed E-state index contributed by atoms with van der Waals surface area (Å²) >= 11 is 14.3. The van der Waals surface area contributed by atoms with Crippen molar-refractivity contribution < 1.29 is 29.0 Å². The van der Waals surface area contributed by atoms with E-state index in [0.717, 1.165) is 42.6 Å². The third kappa shape index (κ3) is 3.64. The van der Waals surface area contributed by atoms with Gasteiger partial charge in [0.1, 0.15) is 0 Å². The number of methoxy groups -OCH3 is 1. The molecule has 212 valence electrons. The Morgan fingerprint density at radius 3 is 2.45 bits per heavy atom. The molecule has 0 unspecified atom stereocenters. The molecule has 8 nitrogen and oxygen atoms in total. The minimum atomic E-state index is -1.80.